The van der Waals surface area contributed by atoms with Crippen LogP contribution in [0.4, 0.5) is 5.69 Å². The number of amides is 1. The first-order valence-electron chi connectivity index (χ1n) is 8.67. The topological polar surface area (TPSA) is 73.0 Å². The van der Waals surface area contributed by atoms with E-state index in [0.717, 1.165) is 16.5 Å². The molecule has 0 bridgehead atoms. The average molecular weight is 390 g/mol. The number of pyridine rings is 1. The zero-order valence-corrected chi connectivity index (χ0v) is 16.2. The molecule has 6 nitrogen and oxygen atoms in total. The van der Waals surface area contributed by atoms with Gasteiger partial charge in [-0.3, -0.25) is 4.79 Å². The van der Waals surface area contributed by atoms with Gasteiger partial charge in [0.2, 0.25) is 0 Å². The van der Waals surface area contributed by atoms with Crippen LogP contribution >= 0.6 is 11.8 Å². The number of hydrogen-bond acceptors (Lipinski definition) is 5. The second kappa shape index (κ2) is 7.74. The van der Waals surface area contributed by atoms with Gasteiger partial charge in [0, 0.05) is 6.20 Å². The van der Waals surface area contributed by atoms with E-state index in [0.29, 0.717) is 22.7 Å². The number of rotatable bonds is 5. The molecule has 0 unspecified atom stereocenters. The number of nitrogens with zero attached hydrogens (tertiary/aromatic N) is 3. The predicted molar refractivity (Wildman–Crippen MR) is 110 cm³/mol. The Bertz CT molecular complexity index is 1100. The summed E-state index contributed by atoms with van der Waals surface area (Å²) < 4.78 is 7.40. The quantitative estimate of drug-likeness (QED) is 0.495. The van der Waals surface area contributed by atoms with Gasteiger partial charge in [0.05, 0.1) is 28.2 Å². The summed E-state index contributed by atoms with van der Waals surface area (Å²) >= 11 is 1.55. The largest absolute Gasteiger partial charge is 0.460 e. The minimum Gasteiger partial charge on any atom is -0.460 e. The van der Waals surface area contributed by atoms with Crippen LogP contribution in [-0.4, -0.2) is 26.9 Å². The van der Waals surface area contributed by atoms with E-state index in [2.05, 4.69) is 15.4 Å². The standard InChI is InChI=1S/C21H18N4O2S/c1-14-8-10-18(27-14)20-17(13-25(24-20)16-6-4-3-5-7-16)21(26)23-15-9-11-19(28-2)22-12-15/h3-13H,1-2H3,(H,23,26). The molecule has 0 aliphatic rings. The summed E-state index contributed by atoms with van der Waals surface area (Å²) in [6, 6.07) is 17.0. The monoisotopic (exact) mass is 390 g/mol. The molecular formula is C21H18N4O2S. The maximum Gasteiger partial charge on any atom is 0.259 e. The lowest BCUT2D eigenvalue weighted by atomic mass is 10.2. The number of carbonyl (C=O) groups excluding carboxylic acids is 1. The van der Waals surface area contributed by atoms with Gasteiger partial charge in [0.15, 0.2) is 5.76 Å². The molecule has 0 saturated carbocycles. The van der Waals surface area contributed by atoms with Crippen molar-refractivity contribution in [3.8, 4) is 17.1 Å². The summed E-state index contributed by atoms with van der Waals surface area (Å²) in [7, 11) is 0. The molecule has 0 spiro atoms. The zero-order valence-electron chi connectivity index (χ0n) is 15.4. The third kappa shape index (κ3) is 3.70. The van der Waals surface area contributed by atoms with E-state index >= 15 is 0 Å². The van der Waals surface area contributed by atoms with Crippen LogP contribution < -0.4 is 5.32 Å². The van der Waals surface area contributed by atoms with Crippen LogP contribution in [0.1, 0.15) is 16.1 Å². The number of nitrogens with one attached hydrogen (secondary N) is 1. The van der Waals surface area contributed by atoms with Gasteiger partial charge in [0.25, 0.3) is 5.91 Å². The van der Waals surface area contributed by atoms with Crippen LogP contribution in [0.25, 0.3) is 17.1 Å². The van der Waals surface area contributed by atoms with Gasteiger partial charge in [0.1, 0.15) is 11.5 Å². The van der Waals surface area contributed by atoms with Crippen LogP contribution in [0.3, 0.4) is 0 Å². The number of anilines is 1. The summed E-state index contributed by atoms with van der Waals surface area (Å²) in [6.07, 6.45) is 5.31. The Balaban J connectivity index is 1.71. The number of aryl methyl sites for hydroxylation is 1. The van der Waals surface area contributed by atoms with E-state index in [4.69, 9.17) is 4.42 Å². The van der Waals surface area contributed by atoms with Crippen molar-refractivity contribution in [1.82, 2.24) is 14.8 Å². The molecule has 3 aromatic heterocycles. The van der Waals surface area contributed by atoms with Gasteiger partial charge in [-0.25, -0.2) is 9.67 Å². The molecule has 0 saturated heterocycles. The van der Waals surface area contributed by atoms with Crippen LogP contribution in [0.15, 0.2) is 76.4 Å². The second-order valence-corrected chi connectivity index (χ2v) is 6.95. The van der Waals surface area contributed by atoms with Gasteiger partial charge >= 0.3 is 0 Å². The molecule has 140 valence electrons. The van der Waals surface area contributed by atoms with Crippen molar-refractivity contribution < 1.29 is 9.21 Å². The minimum atomic E-state index is -0.273. The van der Waals surface area contributed by atoms with Crippen LogP contribution in [0.2, 0.25) is 0 Å². The molecule has 1 aromatic carbocycles. The summed E-state index contributed by atoms with van der Waals surface area (Å²) in [4.78, 5) is 17.3. The Morgan fingerprint density at radius 1 is 1.11 bits per heavy atom. The number of hydrogen-bond donors (Lipinski definition) is 1. The number of furan rings is 1. The van der Waals surface area contributed by atoms with Gasteiger partial charge in [-0.05, 0) is 49.6 Å². The highest BCUT2D eigenvalue weighted by Crippen LogP contribution is 2.26. The number of carbonyl (C=O) groups is 1. The first kappa shape index (κ1) is 18.1. The Kier molecular flexibility index (Phi) is 4.99. The normalized spacial score (nSPS) is 10.8. The molecule has 0 aliphatic carbocycles. The number of thioether (sulfide) groups is 1. The molecule has 1 amide bonds. The third-order valence-electron chi connectivity index (χ3n) is 4.16. The molecule has 0 atom stereocenters. The molecule has 1 N–H and O–H groups in total. The predicted octanol–water partition coefficient (Wildman–Crippen LogP) is 4.81. The molecule has 4 rings (SSSR count). The Labute approximate surface area is 166 Å². The lowest BCUT2D eigenvalue weighted by Gasteiger charge is -2.05. The lowest BCUT2D eigenvalue weighted by molar-refractivity contribution is 0.102. The summed E-state index contributed by atoms with van der Waals surface area (Å²) in [5.74, 6) is 1.03. The van der Waals surface area contributed by atoms with E-state index < -0.39 is 0 Å². The molecule has 3 heterocycles. The Hall–Kier alpha value is -3.32. The van der Waals surface area contributed by atoms with Gasteiger partial charge in [-0.1, -0.05) is 18.2 Å². The van der Waals surface area contributed by atoms with Crippen LogP contribution in [0, 0.1) is 6.92 Å². The molecule has 0 fully saturated rings. The van der Waals surface area contributed by atoms with Crippen molar-refractivity contribution in [1.29, 1.82) is 0 Å². The third-order valence-corrected chi connectivity index (χ3v) is 4.82. The van der Waals surface area contributed by atoms with Crippen LogP contribution in [0.5, 0.6) is 0 Å². The zero-order chi connectivity index (χ0) is 19.5. The summed E-state index contributed by atoms with van der Waals surface area (Å²) in [5, 5.41) is 8.37. The van der Waals surface area contributed by atoms with E-state index in [1.807, 2.05) is 67.8 Å². The fourth-order valence-electron chi connectivity index (χ4n) is 2.77. The first-order valence-corrected chi connectivity index (χ1v) is 9.90. The molecule has 0 radical (unpaired) electrons. The fourth-order valence-corrected chi connectivity index (χ4v) is 3.13. The molecule has 28 heavy (non-hydrogen) atoms. The van der Waals surface area contributed by atoms with Crippen molar-refractivity contribution in [2.75, 3.05) is 11.6 Å². The SMILES string of the molecule is CSc1ccc(NC(=O)c2cn(-c3ccccc3)nc2-c2ccc(C)o2)cn1. The smallest absolute Gasteiger partial charge is 0.259 e. The molecular weight excluding hydrogens is 372 g/mol. The van der Waals surface area contributed by atoms with E-state index in [-0.39, 0.29) is 5.91 Å². The molecule has 0 aliphatic heterocycles. The summed E-state index contributed by atoms with van der Waals surface area (Å²) in [6.45, 7) is 1.86. The summed E-state index contributed by atoms with van der Waals surface area (Å²) in [5.41, 5.74) is 2.39. The highest BCUT2D eigenvalue weighted by molar-refractivity contribution is 7.98. The van der Waals surface area contributed by atoms with E-state index in [1.165, 1.54) is 0 Å². The molecule has 7 heteroatoms. The second-order valence-electron chi connectivity index (χ2n) is 6.13. The van der Waals surface area contributed by atoms with Crippen molar-refractivity contribution in [2.45, 2.75) is 11.9 Å². The van der Waals surface area contributed by atoms with E-state index in [1.54, 1.807) is 28.8 Å². The van der Waals surface area contributed by atoms with E-state index in [9.17, 15) is 4.79 Å². The van der Waals surface area contributed by atoms with Gasteiger partial charge in [-0.15, -0.1) is 11.8 Å². The van der Waals surface area contributed by atoms with Crippen molar-refractivity contribution in [3.05, 3.63) is 78.3 Å². The minimum absolute atomic E-state index is 0.273. The first-order chi connectivity index (χ1) is 13.6. The Morgan fingerprint density at radius 3 is 2.57 bits per heavy atom. The highest BCUT2D eigenvalue weighted by atomic mass is 32.2. The van der Waals surface area contributed by atoms with Crippen molar-refractivity contribution >= 4 is 23.4 Å². The van der Waals surface area contributed by atoms with Crippen molar-refractivity contribution in [2.24, 2.45) is 0 Å². The van der Waals surface area contributed by atoms with Gasteiger partial charge < -0.3 is 9.73 Å². The molecule has 4 aromatic rings. The number of benzene rings is 1. The number of aromatic nitrogens is 3. The van der Waals surface area contributed by atoms with Crippen molar-refractivity contribution in [3.63, 3.8) is 0 Å². The Morgan fingerprint density at radius 2 is 1.93 bits per heavy atom. The highest BCUT2D eigenvalue weighted by Gasteiger charge is 2.21. The van der Waals surface area contributed by atoms with Gasteiger partial charge in [-0.2, -0.15) is 5.10 Å². The average Bonchev–Trinajstić information content (AvgIpc) is 3.36. The maximum absolute atomic E-state index is 13.0. The number of para-hydroxylation sites is 1. The lowest BCUT2D eigenvalue weighted by Crippen LogP contribution is -2.12. The maximum atomic E-state index is 13.0. The van der Waals surface area contributed by atoms with Crippen LogP contribution in [-0.2, 0) is 0 Å². The fraction of sp³-hybridized carbons (Fsp3) is 0.0952.